The van der Waals surface area contributed by atoms with Crippen LogP contribution < -0.4 is 10.8 Å². The van der Waals surface area contributed by atoms with Crippen LogP contribution in [0.5, 0.6) is 0 Å². The minimum absolute atomic E-state index is 0.0701. The van der Waals surface area contributed by atoms with E-state index in [0.717, 1.165) is 34.6 Å². The van der Waals surface area contributed by atoms with Crippen LogP contribution in [0.4, 0.5) is 36.8 Å². The molecule has 34 heavy (non-hydrogen) atoms. The fourth-order valence-corrected chi connectivity index (χ4v) is 4.84. The summed E-state index contributed by atoms with van der Waals surface area (Å²) >= 11 is 0. The number of rotatable bonds is 5. The van der Waals surface area contributed by atoms with Crippen molar-refractivity contribution in [3.63, 3.8) is 0 Å². The summed E-state index contributed by atoms with van der Waals surface area (Å²) < 4.78 is 104. The number of anilines is 1. The van der Waals surface area contributed by atoms with E-state index in [2.05, 4.69) is 5.32 Å². The van der Waals surface area contributed by atoms with Gasteiger partial charge in [-0.3, -0.25) is 4.84 Å². The van der Waals surface area contributed by atoms with Crippen LogP contribution in [0.3, 0.4) is 0 Å². The van der Waals surface area contributed by atoms with E-state index in [1.54, 1.807) is 0 Å². The molecule has 1 saturated heterocycles. The smallest absolute Gasteiger partial charge is 0.306 e. The Labute approximate surface area is 190 Å². The van der Waals surface area contributed by atoms with Crippen molar-refractivity contribution in [2.75, 3.05) is 18.4 Å². The predicted octanol–water partition coefficient (Wildman–Crippen LogP) is 4.55. The quantitative estimate of drug-likeness (QED) is 0.456. The van der Waals surface area contributed by atoms with Crippen molar-refractivity contribution in [1.29, 1.82) is 0 Å². The largest absolute Gasteiger partial charge is 0.416 e. The number of sulfonamides is 1. The number of carbonyl (C=O) groups is 1. The van der Waals surface area contributed by atoms with Crippen molar-refractivity contribution in [3.05, 3.63) is 59.2 Å². The standard InChI is InChI=1S/C20H19F6N3O4S/c1-12-7-14(20(24,25)26)9-15(8-12)27-18(30)28-33-16-5-6-29(11-16)34(31,32)17-4-2-3-13(10-17)19(21,22)23/h2-4,7-10,16H,5-6,11H2,1H3,(H2,27,28,30)/t16-/m0/s1. The van der Waals surface area contributed by atoms with Crippen molar-refractivity contribution in [2.45, 2.75) is 36.7 Å². The first-order valence-electron chi connectivity index (χ1n) is 9.75. The van der Waals surface area contributed by atoms with Crippen molar-refractivity contribution in [2.24, 2.45) is 0 Å². The average Bonchev–Trinajstić information content (AvgIpc) is 3.21. The lowest BCUT2D eigenvalue weighted by atomic mass is 10.1. The molecule has 186 valence electrons. The fourth-order valence-electron chi connectivity index (χ4n) is 3.31. The summed E-state index contributed by atoms with van der Waals surface area (Å²) in [4.78, 5) is 16.6. The molecule has 3 rings (SSSR count). The summed E-state index contributed by atoms with van der Waals surface area (Å²) in [6, 6.07) is 5.30. The molecule has 1 aliphatic heterocycles. The molecule has 2 amide bonds. The number of amides is 2. The Kier molecular flexibility index (Phi) is 7.15. The number of nitrogens with zero attached hydrogens (tertiary/aromatic N) is 1. The van der Waals surface area contributed by atoms with Gasteiger partial charge in [0.1, 0.15) is 6.10 Å². The molecule has 0 aromatic heterocycles. The van der Waals surface area contributed by atoms with E-state index in [-0.39, 0.29) is 30.8 Å². The SMILES string of the molecule is Cc1cc(NC(=O)NO[C@H]2CCN(S(=O)(=O)c3cccc(C(F)(F)F)c3)C2)cc(C(F)(F)F)c1. The minimum Gasteiger partial charge on any atom is -0.306 e. The number of halogens is 6. The van der Waals surface area contributed by atoms with Gasteiger partial charge in [0.05, 0.1) is 16.0 Å². The zero-order valence-corrected chi connectivity index (χ0v) is 18.3. The molecule has 0 bridgehead atoms. The fraction of sp³-hybridized carbons (Fsp3) is 0.350. The van der Waals surface area contributed by atoms with Crippen LogP contribution in [-0.2, 0) is 27.2 Å². The molecular weight excluding hydrogens is 492 g/mol. The molecule has 2 aromatic carbocycles. The van der Waals surface area contributed by atoms with E-state index >= 15 is 0 Å². The Bertz CT molecular complexity index is 1170. The summed E-state index contributed by atoms with van der Waals surface area (Å²) in [6.07, 6.45) is -10.0. The Balaban J connectivity index is 1.59. The number of nitrogens with one attached hydrogen (secondary N) is 2. The van der Waals surface area contributed by atoms with E-state index in [1.165, 1.54) is 13.0 Å². The third-order valence-corrected chi connectivity index (χ3v) is 6.75. The van der Waals surface area contributed by atoms with Crippen molar-refractivity contribution >= 4 is 21.7 Å². The van der Waals surface area contributed by atoms with E-state index in [4.69, 9.17) is 4.84 Å². The average molecular weight is 511 g/mol. The third-order valence-electron chi connectivity index (χ3n) is 4.89. The van der Waals surface area contributed by atoms with Crippen LogP contribution in [-0.4, -0.2) is 37.9 Å². The summed E-state index contributed by atoms with van der Waals surface area (Å²) in [5.41, 5.74) is 0.0637. The van der Waals surface area contributed by atoms with Crippen molar-refractivity contribution in [1.82, 2.24) is 9.79 Å². The summed E-state index contributed by atoms with van der Waals surface area (Å²) in [5, 5.41) is 2.19. The van der Waals surface area contributed by atoms with Crippen LogP contribution in [0.1, 0.15) is 23.1 Å². The summed E-state index contributed by atoms with van der Waals surface area (Å²) in [5.74, 6) is 0. The maximum Gasteiger partial charge on any atom is 0.416 e. The van der Waals surface area contributed by atoms with Crippen LogP contribution in [0.2, 0.25) is 0 Å². The van der Waals surface area contributed by atoms with Crippen molar-refractivity contribution in [3.8, 4) is 0 Å². The molecule has 1 atom stereocenters. The number of urea groups is 1. The van der Waals surface area contributed by atoms with E-state index < -0.39 is 50.5 Å². The van der Waals surface area contributed by atoms with Gasteiger partial charge in [-0.05, 0) is 55.3 Å². The summed E-state index contributed by atoms with van der Waals surface area (Å²) in [7, 11) is -4.25. The highest BCUT2D eigenvalue weighted by Crippen LogP contribution is 2.33. The summed E-state index contributed by atoms with van der Waals surface area (Å²) in [6.45, 7) is 1.10. The first-order valence-corrected chi connectivity index (χ1v) is 11.2. The highest BCUT2D eigenvalue weighted by Gasteiger charge is 2.36. The first-order chi connectivity index (χ1) is 15.7. The topological polar surface area (TPSA) is 87.7 Å². The highest BCUT2D eigenvalue weighted by atomic mass is 32.2. The lowest BCUT2D eigenvalue weighted by Gasteiger charge is -2.18. The maximum absolute atomic E-state index is 12.9. The van der Waals surface area contributed by atoms with Gasteiger partial charge >= 0.3 is 18.4 Å². The second-order valence-corrected chi connectivity index (χ2v) is 9.50. The number of aryl methyl sites for hydroxylation is 1. The lowest BCUT2D eigenvalue weighted by Crippen LogP contribution is -2.35. The van der Waals surface area contributed by atoms with Crippen LogP contribution in [0.15, 0.2) is 47.4 Å². The molecule has 1 heterocycles. The second-order valence-electron chi connectivity index (χ2n) is 7.56. The van der Waals surface area contributed by atoms with Crippen molar-refractivity contribution < 1.29 is 44.4 Å². The molecule has 0 radical (unpaired) electrons. The Morgan fingerprint density at radius 2 is 1.71 bits per heavy atom. The molecule has 2 aromatic rings. The number of benzene rings is 2. The number of hydroxylamine groups is 1. The van der Waals surface area contributed by atoms with Crippen LogP contribution >= 0.6 is 0 Å². The molecule has 7 nitrogen and oxygen atoms in total. The number of hydrogen-bond donors (Lipinski definition) is 2. The van der Waals surface area contributed by atoms with E-state index in [1.807, 2.05) is 5.48 Å². The molecule has 14 heteroatoms. The molecule has 2 N–H and O–H groups in total. The van der Waals surface area contributed by atoms with Gasteiger partial charge in [-0.1, -0.05) is 6.07 Å². The van der Waals surface area contributed by atoms with Gasteiger partial charge in [0, 0.05) is 18.8 Å². The Hall–Kier alpha value is -2.84. The van der Waals surface area contributed by atoms with Gasteiger partial charge in [0.15, 0.2) is 0 Å². The normalized spacial score (nSPS) is 17.6. The zero-order valence-electron chi connectivity index (χ0n) is 17.5. The molecule has 0 saturated carbocycles. The van der Waals surface area contributed by atoms with Gasteiger partial charge < -0.3 is 5.32 Å². The van der Waals surface area contributed by atoms with Gasteiger partial charge in [-0.25, -0.2) is 18.7 Å². The number of alkyl halides is 6. The molecule has 0 aliphatic carbocycles. The Morgan fingerprint density at radius 1 is 1.03 bits per heavy atom. The molecule has 1 aliphatic rings. The lowest BCUT2D eigenvalue weighted by molar-refractivity contribution is -0.138. The molecule has 1 fully saturated rings. The Morgan fingerprint density at radius 3 is 2.35 bits per heavy atom. The number of carbonyl (C=O) groups excluding carboxylic acids is 1. The van der Waals surface area contributed by atoms with Gasteiger partial charge in [-0.15, -0.1) is 0 Å². The predicted molar refractivity (Wildman–Crippen MR) is 108 cm³/mol. The third kappa shape index (κ3) is 6.18. The molecule has 0 spiro atoms. The van der Waals surface area contributed by atoms with Gasteiger partial charge in [0.2, 0.25) is 10.0 Å². The van der Waals surface area contributed by atoms with Gasteiger partial charge in [-0.2, -0.15) is 30.6 Å². The molecule has 0 unspecified atom stereocenters. The number of hydrogen-bond acceptors (Lipinski definition) is 4. The van der Waals surface area contributed by atoms with Crippen LogP contribution in [0, 0.1) is 6.92 Å². The van der Waals surface area contributed by atoms with Crippen LogP contribution in [0.25, 0.3) is 0 Å². The highest BCUT2D eigenvalue weighted by molar-refractivity contribution is 7.89. The first kappa shape index (κ1) is 25.8. The van der Waals surface area contributed by atoms with E-state index in [0.29, 0.717) is 6.07 Å². The second kappa shape index (κ2) is 9.43. The minimum atomic E-state index is -4.71. The maximum atomic E-state index is 12.9. The monoisotopic (exact) mass is 511 g/mol. The van der Waals surface area contributed by atoms with E-state index in [9.17, 15) is 39.6 Å². The zero-order chi connectivity index (χ0) is 25.3. The molecular formula is C20H19F6N3O4S. The van der Waals surface area contributed by atoms with Gasteiger partial charge in [0.25, 0.3) is 0 Å².